The van der Waals surface area contributed by atoms with E-state index in [1.807, 2.05) is 25.4 Å². The Bertz CT molecular complexity index is 998. The highest BCUT2D eigenvalue weighted by Crippen LogP contribution is 2.37. The molecule has 0 radical (unpaired) electrons. The predicted octanol–water partition coefficient (Wildman–Crippen LogP) is 3.48. The van der Waals surface area contributed by atoms with Gasteiger partial charge in [-0.25, -0.2) is 0 Å². The molecular weight excluding hydrogens is 366 g/mol. The molecule has 0 atom stereocenters. The lowest BCUT2D eigenvalue weighted by molar-refractivity contribution is 0.0723. The third kappa shape index (κ3) is 3.36. The van der Waals surface area contributed by atoms with Crippen LogP contribution in [0, 0.1) is 0 Å². The molecule has 4 rings (SSSR count). The summed E-state index contributed by atoms with van der Waals surface area (Å²) in [6, 6.07) is 10.7. The van der Waals surface area contributed by atoms with Gasteiger partial charge in [0.25, 0.3) is 5.91 Å². The molecule has 6 nitrogen and oxygen atoms in total. The molecule has 138 valence electrons. The van der Waals surface area contributed by atoms with Crippen LogP contribution < -0.4 is 4.74 Å². The molecule has 1 aliphatic heterocycles. The molecule has 0 saturated heterocycles. The molecule has 0 spiro atoms. The summed E-state index contributed by atoms with van der Waals surface area (Å²) in [5, 5.41) is 11.0. The summed E-state index contributed by atoms with van der Waals surface area (Å²) in [6.07, 6.45) is 3.40. The maximum absolute atomic E-state index is 12.9. The van der Waals surface area contributed by atoms with Crippen molar-refractivity contribution < 1.29 is 14.6 Å². The monoisotopic (exact) mass is 383 g/mol. The smallest absolute Gasteiger partial charge is 0.270 e. The highest BCUT2D eigenvalue weighted by molar-refractivity contribution is 6.30. The van der Waals surface area contributed by atoms with Crippen LogP contribution >= 0.6 is 11.6 Å². The number of aromatic nitrogens is 2. The van der Waals surface area contributed by atoms with Crippen LogP contribution in [-0.4, -0.2) is 38.6 Å². The highest BCUT2D eigenvalue weighted by atomic mass is 35.5. The number of benzene rings is 1. The van der Waals surface area contributed by atoms with E-state index in [0.29, 0.717) is 41.9 Å². The van der Waals surface area contributed by atoms with Crippen molar-refractivity contribution in [3.63, 3.8) is 0 Å². The Morgan fingerprint density at radius 2 is 2.15 bits per heavy atom. The number of carbonyl (C=O) groups is 1. The summed E-state index contributed by atoms with van der Waals surface area (Å²) in [6.45, 7) is 1.09. The number of pyridine rings is 1. The average molecular weight is 384 g/mol. The number of fused-ring (bicyclic) bond motifs is 1. The second-order valence-corrected chi connectivity index (χ2v) is 6.86. The number of rotatable bonds is 2. The van der Waals surface area contributed by atoms with Crippen molar-refractivity contribution in [2.75, 3.05) is 13.2 Å². The number of halogens is 1. The zero-order valence-electron chi connectivity index (χ0n) is 14.7. The molecular formula is C20H18ClN3O3. The molecule has 2 aromatic heterocycles. The number of phenolic OH excluding ortho intramolecular Hbond substituents is 1. The van der Waals surface area contributed by atoms with Crippen LogP contribution in [-0.2, 0) is 13.6 Å². The van der Waals surface area contributed by atoms with E-state index in [1.165, 1.54) is 0 Å². The number of hydrogen-bond donors (Lipinski definition) is 1. The Morgan fingerprint density at radius 1 is 1.30 bits per heavy atom. The molecule has 0 fully saturated rings. The van der Waals surface area contributed by atoms with Crippen LogP contribution in [0.25, 0.3) is 11.3 Å². The lowest BCUT2D eigenvalue weighted by Crippen LogP contribution is -2.33. The molecule has 0 aliphatic carbocycles. The zero-order chi connectivity index (χ0) is 19.0. The normalized spacial score (nSPS) is 13.6. The van der Waals surface area contributed by atoms with Gasteiger partial charge >= 0.3 is 0 Å². The van der Waals surface area contributed by atoms with E-state index in [0.717, 1.165) is 11.1 Å². The van der Waals surface area contributed by atoms with Gasteiger partial charge in [0.2, 0.25) is 0 Å². The van der Waals surface area contributed by atoms with Gasteiger partial charge in [0.05, 0.1) is 17.3 Å². The van der Waals surface area contributed by atoms with Gasteiger partial charge in [0, 0.05) is 37.1 Å². The summed E-state index contributed by atoms with van der Waals surface area (Å²) in [7, 11) is 1.84. The van der Waals surface area contributed by atoms with Gasteiger partial charge in [-0.2, -0.15) is 0 Å². The predicted molar refractivity (Wildman–Crippen MR) is 102 cm³/mol. The Balaban J connectivity index is 1.70. The topological polar surface area (TPSA) is 67.6 Å². The van der Waals surface area contributed by atoms with Crippen molar-refractivity contribution >= 4 is 17.5 Å². The van der Waals surface area contributed by atoms with Crippen molar-refractivity contribution in [3.8, 4) is 22.8 Å². The van der Waals surface area contributed by atoms with E-state index in [9.17, 15) is 9.90 Å². The van der Waals surface area contributed by atoms with E-state index < -0.39 is 0 Å². The minimum absolute atomic E-state index is 0.0346. The molecule has 0 unspecified atom stereocenters. The minimum Gasteiger partial charge on any atom is -0.504 e. The number of aryl methyl sites for hydroxylation is 1. The minimum atomic E-state index is -0.0755. The highest BCUT2D eigenvalue weighted by Gasteiger charge is 2.25. The van der Waals surface area contributed by atoms with Crippen LogP contribution in [0.4, 0.5) is 0 Å². The number of amides is 1. The number of phenols is 1. The molecule has 1 amide bonds. The molecule has 1 aliphatic rings. The first-order valence-electron chi connectivity index (χ1n) is 8.54. The first-order valence-corrected chi connectivity index (χ1v) is 8.92. The summed E-state index contributed by atoms with van der Waals surface area (Å²) in [4.78, 5) is 18.9. The molecule has 27 heavy (non-hydrogen) atoms. The third-order valence-electron chi connectivity index (χ3n) is 4.59. The van der Waals surface area contributed by atoms with E-state index in [-0.39, 0.29) is 11.7 Å². The maximum Gasteiger partial charge on any atom is 0.270 e. The van der Waals surface area contributed by atoms with Crippen LogP contribution in [0.1, 0.15) is 16.1 Å². The molecule has 0 bridgehead atoms. The van der Waals surface area contributed by atoms with Crippen molar-refractivity contribution in [2.45, 2.75) is 6.54 Å². The lowest BCUT2D eigenvalue weighted by Gasteiger charge is -2.20. The van der Waals surface area contributed by atoms with Gasteiger partial charge in [-0.3, -0.25) is 9.78 Å². The number of carbonyl (C=O) groups excluding carboxylic acids is 1. The molecule has 3 heterocycles. The standard InChI is InChI=1S/C20H18ClN3O3/c1-23-6-2-3-17(23)20(26)24-7-8-27-19-14(12-24)9-13(10-18(19)25)16-5-4-15(21)11-22-16/h2-6,9-11,25H,7-8,12H2,1H3. The molecule has 3 aromatic rings. The maximum atomic E-state index is 12.9. The fourth-order valence-corrected chi connectivity index (χ4v) is 3.32. The summed E-state index contributed by atoms with van der Waals surface area (Å²) in [5.74, 6) is 0.371. The quantitative estimate of drug-likeness (QED) is 0.735. The van der Waals surface area contributed by atoms with E-state index in [1.54, 1.807) is 39.9 Å². The lowest BCUT2D eigenvalue weighted by atomic mass is 10.0. The summed E-state index contributed by atoms with van der Waals surface area (Å²) >= 11 is 5.90. The zero-order valence-corrected chi connectivity index (χ0v) is 15.5. The Hall–Kier alpha value is -2.99. The van der Waals surface area contributed by atoms with Gasteiger partial charge in [-0.05, 0) is 36.4 Å². The number of hydrogen-bond acceptors (Lipinski definition) is 4. The third-order valence-corrected chi connectivity index (χ3v) is 4.81. The Labute approximate surface area is 161 Å². The van der Waals surface area contributed by atoms with Crippen molar-refractivity contribution in [1.82, 2.24) is 14.5 Å². The average Bonchev–Trinajstić information content (AvgIpc) is 2.96. The van der Waals surface area contributed by atoms with Gasteiger partial charge in [-0.1, -0.05) is 11.6 Å². The molecule has 1 N–H and O–H groups in total. The van der Waals surface area contributed by atoms with Crippen molar-refractivity contribution in [3.05, 3.63) is 65.1 Å². The molecule has 0 saturated carbocycles. The van der Waals surface area contributed by atoms with Crippen molar-refractivity contribution in [2.24, 2.45) is 7.05 Å². The van der Waals surface area contributed by atoms with Gasteiger partial charge in [0.1, 0.15) is 12.3 Å². The number of aromatic hydroxyl groups is 1. The van der Waals surface area contributed by atoms with Crippen LogP contribution in [0.3, 0.4) is 0 Å². The fraction of sp³-hybridized carbons (Fsp3) is 0.200. The summed E-state index contributed by atoms with van der Waals surface area (Å²) < 4.78 is 7.52. The second kappa shape index (κ2) is 6.96. The largest absolute Gasteiger partial charge is 0.504 e. The Morgan fingerprint density at radius 3 is 2.85 bits per heavy atom. The van der Waals surface area contributed by atoms with Crippen LogP contribution in [0.15, 0.2) is 48.8 Å². The van der Waals surface area contributed by atoms with E-state index in [2.05, 4.69) is 4.98 Å². The van der Waals surface area contributed by atoms with E-state index >= 15 is 0 Å². The van der Waals surface area contributed by atoms with Crippen LogP contribution in [0.2, 0.25) is 5.02 Å². The Kier molecular flexibility index (Phi) is 4.49. The fourth-order valence-electron chi connectivity index (χ4n) is 3.21. The number of ether oxygens (including phenoxy) is 1. The van der Waals surface area contributed by atoms with Crippen molar-refractivity contribution in [1.29, 1.82) is 0 Å². The second-order valence-electron chi connectivity index (χ2n) is 6.42. The molecule has 7 heteroatoms. The van der Waals surface area contributed by atoms with Crippen LogP contribution in [0.5, 0.6) is 11.5 Å². The van der Waals surface area contributed by atoms with Gasteiger partial charge in [-0.15, -0.1) is 0 Å². The van der Waals surface area contributed by atoms with E-state index in [4.69, 9.17) is 16.3 Å². The van der Waals surface area contributed by atoms with Gasteiger partial charge in [0.15, 0.2) is 11.5 Å². The SMILES string of the molecule is Cn1cccc1C(=O)N1CCOc2c(O)cc(-c3ccc(Cl)cn3)cc2C1. The van der Waals surface area contributed by atoms with Gasteiger partial charge < -0.3 is 19.3 Å². The summed E-state index contributed by atoms with van der Waals surface area (Å²) in [5.41, 5.74) is 2.77. The first kappa shape index (κ1) is 17.4. The molecule has 1 aromatic carbocycles. The number of nitrogens with zero attached hydrogens (tertiary/aromatic N) is 3. The first-order chi connectivity index (χ1) is 13.0.